The molecule has 0 aliphatic carbocycles. The van der Waals surface area contributed by atoms with Crippen LogP contribution in [0, 0.1) is 0 Å². The van der Waals surface area contributed by atoms with Crippen LogP contribution in [0.1, 0.15) is 16.1 Å². The van der Waals surface area contributed by atoms with E-state index in [1.165, 1.54) is 17.6 Å². The van der Waals surface area contributed by atoms with Gasteiger partial charge < -0.3 is 13.6 Å². The topological polar surface area (TPSA) is 78.4 Å². The minimum Gasteiger partial charge on any atom is -0.463 e. The van der Waals surface area contributed by atoms with E-state index in [4.69, 9.17) is 13.6 Å². The molecule has 0 fully saturated rings. The largest absolute Gasteiger partial charge is 0.463 e. The van der Waals surface area contributed by atoms with E-state index in [9.17, 15) is 4.79 Å². The van der Waals surface area contributed by atoms with E-state index >= 15 is 0 Å². The fraction of sp³-hybridized carbons (Fsp3) is 0.0455. The SMILES string of the molecule is O=C(OCc1coc(-c2cccs2)n1)c1cc(-c2ccco2)nc2ccccc12. The molecule has 0 unspecified atom stereocenters. The van der Waals surface area contributed by atoms with Crippen LogP contribution in [0.25, 0.3) is 33.1 Å². The Kier molecular flexibility index (Phi) is 4.42. The molecule has 0 atom stereocenters. The lowest BCUT2D eigenvalue weighted by atomic mass is 10.1. The van der Waals surface area contributed by atoms with Crippen molar-refractivity contribution in [2.45, 2.75) is 6.61 Å². The number of ether oxygens (including phenoxy) is 1. The van der Waals surface area contributed by atoms with Crippen molar-refractivity contribution < 1.29 is 18.4 Å². The molecular weight excluding hydrogens is 388 g/mol. The van der Waals surface area contributed by atoms with Gasteiger partial charge in [-0.05, 0) is 35.7 Å². The maximum Gasteiger partial charge on any atom is 0.339 e. The van der Waals surface area contributed by atoms with Crippen LogP contribution in [-0.4, -0.2) is 15.9 Å². The molecule has 142 valence electrons. The fourth-order valence-electron chi connectivity index (χ4n) is 3.00. The third-order valence-electron chi connectivity index (χ3n) is 4.34. The number of hydrogen-bond donors (Lipinski definition) is 0. The molecular formula is C22H14N2O4S. The Morgan fingerprint density at radius 3 is 2.79 bits per heavy atom. The van der Waals surface area contributed by atoms with Crippen molar-refractivity contribution in [2.75, 3.05) is 0 Å². The fourth-order valence-corrected chi connectivity index (χ4v) is 3.65. The van der Waals surface area contributed by atoms with Gasteiger partial charge in [-0.15, -0.1) is 11.3 Å². The lowest BCUT2D eigenvalue weighted by molar-refractivity contribution is 0.0470. The minimum absolute atomic E-state index is 0.0143. The van der Waals surface area contributed by atoms with E-state index < -0.39 is 5.97 Å². The van der Waals surface area contributed by atoms with Crippen molar-refractivity contribution in [3.63, 3.8) is 0 Å². The molecule has 0 aliphatic rings. The van der Waals surface area contributed by atoms with E-state index in [1.54, 1.807) is 24.5 Å². The highest BCUT2D eigenvalue weighted by molar-refractivity contribution is 7.13. The summed E-state index contributed by atoms with van der Waals surface area (Å²) < 4.78 is 16.4. The van der Waals surface area contributed by atoms with Gasteiger partial charge in [0.05, 0.1) is 22.2 Å². The average molecular weight is 402 g/mol. The molecule has 5 rings (SSSR count). The smallest absolute Gasteiger partial charge is 0.339 e. The van der Waals surface area contributed by atoms with Crippen molar-refractivity contribution >= 4 is 28.2 Å². The summed E-state index contributed by atoms with van der Waals surface area (Å²) in [5.41, 5.74) is 2.23. The van der Waals surface area contributed by atoms with Crippen molar-refractivity contribution in [2.24, 2.45) is 0 Å². The molecule has 0 saturated carbocycles. The van der Waals surface area contributed by atoms with E-state index in [0.29, 0.717) is 39.5 Å². The Hall–Kier alpha value is -3.71. The zero-order valence-corrected chi connectivity index (χ0v) is 15.9. The van der Waals surface area contributed by atoms with E-state index in [0.717, 1.165) is 4.88 Å². The Labute approximate surface area is 169 Å². The number of nitrogens with zero attached hydrogens (tertiary/aromatic N) is 2. The molecule has 1 aromatic carbocycles. The lowest BCUT2D eigenvalue weighted by Crippen LogP contribution is -2.07. The summed E-state index contributed by atoms with van der Waals surface area (Å²) in [7, 11) is 0. The zero-order valence-electron chi connectivity index (χ0n) is 15.1. The molecule has 7 heteroatoms. The molecule has 0 amide bonds. The number of pyridine rings is 1. The third kappa shape index (κ3) is 3.43. The van der Waals surface area contributed by atoms with Crippen LogP contribution in [0.5, 0.6) is 0 Å². The molecule has 29 heavy (non-hydrogen) atoms. The molecule has 0 radical (unpaired) electrons. The second-order valence-corrected chi connectivity index (χ2v) is 7.19. The number of esters is 1. The maximum absolute atomic E-state index is 12.9. The summed E-state index contributed by atoms with van der Waals surface area (Å²) in [6.07, 6.45) is 3.07. The molecule has 4 heterocycles. The molecule has 0 N–H and O–H groups in total. The zero-order chi connectivity index (χ0) is 19.6. The number of carbonyl (C=O) groups excluding carboxylic acids is 1. The number of para-hydroxylation sites is 1. The monoisotopic (exact) mass is 402 g/mol. The second-order valence-electron chi connectivity index (χ2n) is 6.25. The number of oxazole rings is 1. The summed E-state index contributed by atoms with van der Waals surface area (Å²) in [6, 6.07) is 16.5. The number of benzene rings is 1. The quantitative estimate of drug-likeness (QED) is 0.358. The van der Waals surface area contributed by atoms with Crippen LogP contribution in [0.4, 0.5) is 0 Å². The van der Waals surface area contributed by atoms with E-state index in [1.807, 2.05) is 41.8 Å². The van der Waals surface area contributed by atoms with Gasteiger partial charge in [-0.25, -0.2) is 14.8 Å². The van der Waals surface area contributed by atoms with E-state index in [2.05, 4.69) is 9.97 Å². The van der Waals surface area contributed by atoms with Gasteiger partial charge >= 0.3 is 5.97 Å². The molecule has 0 bridgehead atoms. The van der Waals surface area contributed by atoms with Crippen LogP contribution in [0.2, 0.25) is 0 Å². The van der Waals surface area contributed by atoms with Gasteiger partial charge in [-0.3, -0.25) is 0 Å². The first kappa shape index (κ1) is 17.4. The number of carbonyl (C=O) groups is 1. The number of thiophene rings is 1. The van der Waals surface area contributed by atoms with Crippen LogP contribution in [-0.2, 0) is 11.3 Å². The summed E-state index contributed by atoms with van der Waals surface area (Å²) in [5, 5.41) is 2.66. The first-order chi connectivity index (χ1) is 14.3. The second kappa shape index (κ2) is 7.37. The van der Waals surface area contributed by atoms with Crippen LogP contribution < -0.4 is 0 Å². The van der Waals surface area contributed by atoms with Gasteiger partial charge in [0.25, 0.3) is 0 Å². The highest BCUT2D eigenvalue weighted by Crippen LogP contribution is 2.27. The predicted octanol–water partition coefficient (Wildman–Crippen LogP) is 5.57. The van der Waals surface area contributed by atoms with Gasteiger partial charge in [-0.1, -0.05) is 24.3 Å². The standard InChI is InChI=1S/C22H14N2O4S/c25-22(28-13-14-12-27-21(23-14)20-8-4-10-29-20)16-11-18(19-7-3-9-26-19)24-17-6-2-1-5-15(16)17/h1-12H,13H2. The van der Waals surface area contributed by atoms with Crippen LogP contribution >= 0.6 is 11.3 Å². The van der Waals surface area contributed by atoms with Crippen molar-refractivity contribution in [3.05, 3.63) is 83.8 Å². The van der Waals surface area contributed by atoms with Crippen LogP contribution in [0.15, 0.2) is 81.3 Å². The third-order valence-corrected chi connectivity index (χ3v) is 5.20. The Balaban J connectivity index is 1.42. The molecule has 4 aromatic heterocycles. The minimum atomic E-state index is -0.461. The normalized spacial score (nSPS) is 11.0. The summed E-state index contributed by atoms with van der Waals surface area (Å²) in [4.78, 5) is 22.7. The van der Waals surface area contributed by atoms with Gasteiger partial charge in [0, 0.05) is 5.39 Å². The van der Waals surface area contributed by atoms with Crippen LogP contribution in [0.3, 0.4) is 0 Å². The highest BCUT2D eigenvalue weighted by atomic mass is 32.1. The predicted molar refractivity (Wildman–Crippen MR) is 108 cm³/mol. The molecule has 6 nitrogen and oxygen atoms in total. The number of furan rings is 1. The molecule has 0 saturated heterocycles. The molecule has 5 aromatic rings. The Morgan fingerprint density at radius 1 is 1.03 bits per heavy atom. The summed E-state index contributed by atoms with van der Waals surface area (Å²) >= 11 is 1.53. The summed E-state index contributed by atoms with van der Waals surface area (Å²) in [6.45, 7) is 0.0143. The number of fused-ring (bicyclic) bond motifs is 1. The Bertz CT molecular complexity index is 1270. The summed E-state index contributed by atoms with van der Waals surface area (Å²) in [5.74, 6) is 0.638. The van der Waals surface area contributed by atoms with Gasteiger partial charge in [0.15, 0.2) is 5.76 Å². The number of aromatic nitrogens is 2. The van der Waals surface area contributed by atoms with Gasteiger partial charge in [0.2, 0.25) is 5.89 Å². The molecule has 0 spiro atoms. The Morgan fingerprint density at radius 2 is 1.97 bits per heavy atom. The molecule has 0 aliphatic heterocycles. The van der Waals surface area contributed by atoms with Gasteiger partial charge in [-0.2, -0.15) is 0 Å². The average Bonchev–Trinajstić information content (AvgIpc) is 3.53. The number of rotatable bonds is 5. The lowest BCUT2D eigenvalue weighted by Gasteiger charge is -2.08. The van der Waals surface area contributed by atoms with Gasteiger partial charge in [0.1, 0.15) is 24.3 Å². The van der Waals surface area contributed by atoms with E-state index in [-0.39, 0.29) is 6.61 Å². The van der Waals surface area contributed by atoms with Crippen molar-refractivity contribution in [1.29, 1.82) is 0 Å². The maximum atomic E-state index is 12.9. The first-order valence-corrected chi connectivity index (χ1v) is 9.75. The number of hydrogen-bond acceptors (Lipinski definition) is 7. The first-order valence-electron chi connectivity index (χ1n) is 8.87. The van der Waals surface area contributed by atoms with Crippen molar-refractivity contribution in [1.82, 2.24) is 9.97 Å². The van der Waals surface area contributed by atoms with Crippen molar-refractivity contribution in [3.8, 4) is 22.2 Å². The highest BCUT2D eigenvalue weighted by Gasteiger charge is 2.17.